The van der Waals surface area contributed by atoms with Crippen LogP contribution in [-0.2, 0) is 13.1 Å². The van der Waals surface area contributed by atoms with Gasteiger partial charge in [-0.1, -0.05) is 24.3 Å². The van der Waals surface area contributed by atoms with Crippen LogP contribution in [0.4, 0.5) is 0 Å². The third-order valence-electron chi connectivity index (χ3n) is 4.00. The lowest BCUT2D eigenvalue weighted by molar-refractivity contribution is 0.0941. The fraction of sp³-hybridized carbons (Fsp3) is 0.143. The summed E-state index contributed by atoms with van der Waals surface area (Å²) in [5.74, 6) is 0.0492. The van der Waals surface area contributed by atoms with E-state index in [4.69, 9.17) is 4.74 Å². The van der Waals surface area contributed by atoms with Gasteiger partial charge in [-0.25, -0.2) is 4.98 Å². The fourth-order valence-corrected chi connectivity index (χ4v) is 2.48. The zero-order valence-electron chi connectivity index (χ0n) is 15.4. The number of pyridine rings is 2. The van der Waals surface area contributed by atoms with E-state index in [0.717, 1.165) is 16.9 Å². The summed E-state index contributed by atoms with van der Waals surface area (Å²) >= 11 is 0. The molecule has 0 aliphatic rings. The highest BCUT2D eigenvalue weighted by atomic mass is 16.5. The maximum Gasteiger partial charge on any atom is 0.270 e. The number of nitrogens with zero attached hydrogens (tertiary/aromatic N) is 2. The Hall–Kier alpha value is -3.74. The maximum absolute atomic E-state index is 12.4. The molecular weight excluding hydrogens is 356 g/mol. The van der Waals surface area contributed by atoms with Crippen LogP contribution >= 0.6 is 0 Å². The van der Waals surface area contributed by atoms with E-state index < -0.39 is 0 Å². The molecule has 2 heterocycles. The summed E-state index contributed by atoms with van der Waals surface area (Å²) in [5.41, 5.74) is 2.17. The Kier molecular flexibility index (Phi) is 6.30. The molecule has 3 aromatic rings. The standard InChI is InChI=1S/C21H20N4O3/c1-28-17-9-7-15(8-10-17)13-23-20(26)18-5-2-6-19(25-18)21(27)24-14-16-4-3-11-22-12-16/h2-12H,13-14H2,1H3,(H,23,26)(H,24,27). The highest BCUT2D eigenvalue weighted by Gasteiger charge is 2.12. The number of hydrogen-bond donors (Lipinski definition) is 2. The third-order valence-corrected chi connectivity index (χ3v) is 4.00. The van der Waals surface area contributed by atoms with Crippen molar-refractivity contribution in [2.24, 2.45) is 0 Å². The van der Waals surface area contributed by atoms with Gasteiger partial charge in [0.1, 0.15) is 17.1 Å². The molecule has 28 heavy (non-hydrogen) atoms. The Bertz CT molecular complexity index is 943. The maximum atomic E-state index is 12.4. The number of aromatic nitrogens is 2. The molecule has 0 fully saturated rings. The molecular formula is C21H20N4O3. The lowest BCUT2D eigenvalue weighted by atomic mass is 10.2. The van der Waals surface area contributed by atoms with Crippen LogP contribution in [0.3, 0.4) is 0 Å². The first-order valence-corrected chi connectivity index (χ1v) is 8.71. The summed E-state index contributed by atoms with van der Waals surface area (Å²) < 4.78 is 5.11. The van der Waals surface area contributed by atoms with Gasteiger partial charge in [-0.2, -0.15) is 0 Å². The van der Waals surface area contributed by atoms with Gasteiger partial charge in [0.2, 0.25) is 0 Å². The van der Waals surface area contributed by atoms with Crippen LogP contribution in [-0.4, -0.2) is 28.9 Å². The smallest absolute Gasteiger partial charge is 0.270 e. The number of rotatable bonds is 7. The number of methoxy groups -OCH3 is 1. The number of amides is 2. The second-order valence-corrected chi connectivity index (χ2v) is 5.98. The SMILES string of the molecule is COc1ccc(CNC(=O)c2cccc(C(=O)NCc3cccnc3)n2)cc1. The van der Waals surface area contributed by atoms with Crippen molar-refractivity contribution in [1.82, 2.24) is 20.6 Å². The Balaban J connectivity index is 1.58. The van der Waals surface area contributed by atoms with Gasteiger partial charge in [0, 0.05) is 25.5 Å². The van der Waals surface area contributed by atoms with Crippen molar-refractivity contribution < 1.29 is 14.3 Å². The summed E-state index contributed by atoms with van der Waals surface area (Å²) in [5, 5.41) is 5.56. The molecule has 0 radical (unpaired) electrons. The predicted octanol–water partition coefficient (Wildman–Crippen LogP) is 2.35. The first-order chi connectivity index (χ1) is 13.7. The molecule has 3 rings (SSSR count). The zero-order chi connectivity index (χ0) is 19.8. The van der Waals surface area contributed by atoms with Crippen LogP contribution in [0.2, 0.25) is 0 Å². The van der Waals surface area contributed by atoms with E-state index in [1.807, 2.05) is 30.3 Å². The Morgan fingerprint density at radius 2 is 1.50 bits per heavy atom. The van der Waals surface area contributed by atoms with E-state index in [1.54, 1.807) is 43.8 Å². The van der Waals surface area contributed by atoms with E-state index in [0.29, 0.717) is 13.1 Å². The molecule has 0 spiro atoms. The van der Waals surface area contributed by atoms with Crippen molar-refractivity contribution in [3.63, 3.8) is 0 Å². The molecule has 1 aromatic carbocycles. The van der Waals surface area contributed by atoms with Gasteiger partial charge < -0.3 is 15.4 Å². The van der Waals surface area contributed by atoms with Crippen molar-refractivity contribution in [2.75, 3.05) is 7.11 Å². The van der Waals surface area contributed by atoms with Gasteiger partial charge in [0.05, 0.1) is 7.11 Å². The van der Waals surface area contributed by atoms with E-state index >= 15 is 0 Å². The molecule has 0 unspecified atom stereocenters. The summed E-state index contributed by atoms with van der Waals surface area (Å²) in [6.45, 7) is 0.685. The van der Waals surface area contributed by atoms with Crippen LogP contribution in [0.15, 0.2) is 67.0 Å². The lowest BCUT2D eigenvalue weighted by Gasteiger charge is -2.08. The van der Waals surface area contributed by atoms with Crippen LogP contribution in [0.1, 0.15) is 32.1 Å². The first-order valence-electron chi connectivity index (χ1n) is 8.71. The number of hydrogen-bond acceptors (Lipinski definition) is 5. The normalized spacial score (nSPS) is 10.2. The zero-order valence-corrected chi connectivity index (χ0v) is 15.4. The number of carbonyl (C=O) groups excluding carboxylic acids is 2. The second-order valence-electron chi connectivity index (χ2n) is 5.98. The van der Waals surface area contributed by atoms with Gasteiger partial charge in [0.15, 0.2) is 0 Å². The topological polar surface area (TPSA) is 93.2 Å². The van der Waals surface area contributed by atoms with E-state index in [9.17, 15) is 9.59 Å². The third kappa shape index (κ3) is 5.14. The molecule has 7 heteroatoms. The van der Waals surface area contributed by atoms with Gasteiger partial charge >= 0.3 is 0 Å². The van der Waals surface area contributed by atoms with E-state index in [2.05, 4.69) is 20.6 Å². The molecule has 2 N–H and O–H groups in total. The molecule has 0 saturated heterocycles. The number of nitrogens with one attached hydrogen (secondary N) is 2. The summed E-state index contributed by atoms with van der Waals surface area (Å²) in [6.07, 6.45) is 3.34. The van der Waals surface area contributed by atoms with Crippen molar-refractivity contribution in [3.8, 4) is 5.75 Å². The van der Waals surface area contributed by atoms with Crippen LogP contribution in [0.5, 0.6) is 5.75 Å². The fourth-order valence-electron chi connectivity index (χ4n) is 2.48. The van der Waals surface area contributed by atoms with Crippen LogP contribution in [0, 0.1) is 0 Å². The Labute approximate surface area is 162 Å². The van der Waals surface area contributed by atoms with Crippen molar-refractivity contribution in [2.45, 2.75) is 13.1 Å². The van der Waals surface area contributed by atoms with Gasteiger partial charge in [-0.05, 0) is 41.5 Å². The average Bonchev–Trinajstić information content (AvgIpc) is 2.77. The van der Waals surface area contributed by atoms with Gasteiger partial charge in [-0.15, -0.1) is 0 Å². The quantitative estimate of drug-likeness (QED) is 0.660. The minimum Gasteiger partial charge on any atom is -0.497 e. The number of benzene rings is 1. The molecule has 7 nitrogen and oxygen atoms in total. The van der Waals surface area contributed by atoms with E-state index in [-0.39, 0.29) is 23.2 Å². The highest BCUT2D eigenvalue weighted by Crippen LogP contribution is 2.11. The molecule has 0 aliphatic carbocycles. The Morgan fingerprint density at radius 1 is 0.857 bits per heavy atom. The van der Waals surface area contributed by atoms with Crippen LogP contribution in [0.25, 0.3) is 0 Å². The molecule has 142 valence electrons. The number of carbonyl (C=O) groups is 2. The second kappa shape index (κ2) is 9.27. The monoisotopic (exact) mass is 376 g/mol. The first kappa shape index (κ1) is 19.0. The summed E-state index contributed by atoms with van der Waals surface area (Å²) in [4.78, 5) is 32.8. The summed E-state index contributed by atoms with van der Waals surface area (Å²) in [7, 11) is 1.60. The van der Waals surface area contributed by atoms with Crippen LogP contribution < -0.4 is 15.4 Å². The average molecular weight is 376 g/mol. The molecule has 0 bridgehead atoms. The van der Waals surface area contributed by atoms with Gasteiger partial charge in [-0.3, -0.25) is 14.6 Å². The van der Waals surface area contributed by atoms with E-state index in [1.165, 1.54) is 0 Å². The predicted molar refractivity (Wildman–Crippen MR) is 104 cm³/mol. The molecule has 2 amide bonds. The minimum absolute atomic E-state index is 0.181. The summed E-state index contributed by atoms with van der Waals surface area (Å²) in [6, 6.07) is 15.8. The molecule has 2 aromatic heterocycles. The van der Waals surface area contributed by atoms with Crippen molar-refractivity contribution in [3.05, 3.63) is 89.5 Å². The molecule has 0 aliphatic heterocycles. The van der Waals surface area contributed by atoms with Crippen molar-refractivity contribution in [1.29, 1.82) is 0 Å². The largest absolute Gasteiger partial charge is 0.497 e. The molecule has 0 atom stereocenters. The number of ether oxygens (including phenoxy) is 1. The molecule has 0 saturated carbocycles. The minimum atomic E-state index is -0.353. The highest BCUT2D eigenvalue weighted by molar-refractivity contribution is 5.96. The Morgan fingerprint density at radius 3 is 2.07 bits per heavy atom. The van der Waals surface area contributed by atoms with Crippen molar-refractivity contribution >= 4 is 11.8 Å². The van der Waals surface area contributed by atoms with Gasteiger partial charge in [0.25, 0.3) is 11.8 Å². The lowest BCUT2D eigenvalue weighted by Crippen LogP contribution is -2.27.